The molecule has 3 saturated heterocycles. The normalized spacial score (nSPS) is 21.3. The smallest absolute Gasteiger partial charge is 0.419 e. The topological polar surface area (TPSA) is 101 Å². The molecule has 3 fully saturated rings. The summed E-state index contributed by atoms with van der Waals surface area (Å²) in [5.41, 5.74) is 0.275. The van der Waals surface area contributed by atoms with Crippen molar-refractivity contribution in [2.45, 2.75) is 37.2 Å². The highest BCUT2D eigenvalue weighted by Crippen LogP contribution is 2.44. The summed E-state index contributed by atoms with van der Waals surface area (Å²) in [6, 6.07) is 7.57. The summed E-state index contributed by atoms with van der Waals surface area (Å²) in [6.45, 7) is 4.97. The number of nitrogens with one attached hydrogen (secondary N) is 2. The van der Waals surface area contributed by atoms with E-state index in [1.54, 1.807) is 6.07 Å². The Hall–Kier alpha value is -4.43. The number of methoxy groups -OCH3 is 1. The molecule has 3 aromatic rings. The number of morpholine rings is 1. The van der Waals surface area contributed by atoms with Crippen LogP contribution in [0.1, 0.15) is 30.0 Å². The first-order valence-electron chi connectivity index (χ1n) is 13.6. The van der Waals surface area contributed by atoms with Crippen LogP contribution in [-0.2, 0) is 20.5 Å². The van der Waals surface area contributed by atoms with Gasteiger partial charge in [-0.15, -0.1) is 0 Å². The molecule has 43 heavy (non-hydrogen) atoms. The molecule has 0 radical (unpaired) electrons. The number of aromatic nitrogens is 2. The van der Waals surface area contributed by atoms with Crippen molar-refractivity contribution in [3.05, 3.63) is 72.3 Å². The van der Waals surface area contributed by atoms with Gasteiger partial charge in [0.25, 0.3) is 0 Å². The molecule has 2 aromatic carbocycles. The molecular formula is C29H28F4N6O4. The van der Waals surface area contributed by atoms with Gasteiger partial charge in [-0.05, 0) is 24.6 Å². The second kappa shape index (κ2) is 11.3. The number of ether oxygens (including phenoxy) is 2. The van der Waals surface area contributed by atoms with E-state index in [0.29, 0.717) is 42.2 Å². The van der Waals surface area contributed by atoms with E-state index in [9.17, 15) is 22.4 Å². The first-order chi connectivity index (χ1) is 20.7. The second-order valence-corrected chi connectivity index (χ2v) is 10.3. The first kappa shape index (κ1) is 28.7. The fraction of sp³-hybridized carbons (Fsp3) is 0.345. The number of hydroxylamine groups is 1. The predicted octanol–water partition coefficient (Wildman–Crippen LogP) is 5.37. The van der Waals surface area contributed by atoms with E-state index in [2.05, 4.69) is 32.1 Å². The number of carbonyl (C=O) groups excluding carboxylic acids is 1. The molecular weight excluding hydrogens is 572 g/mol. The van der Waals surface area contributed by atoms with Crippen LogP contribution < -0.4 is 25.3 Å². The lowest BCUT2D eigenvalue weighted by atomic mass is 10.0. The third-order valence-corrected chi connectivity index (χ3v) is 7.71. The number of rotatable bonds is 8. The van der Waals surface area contributed by atoms with E-state index >= 15 is 0 Å². The Morgan fingerprint density at radius 2 is 2.05 bits per heavy atom. The number of halogens is 4. The number of alkyl halides is 3. The van der Waals surface area contributed by atoms with Gasteiger partial charge in [-0.2, -0.15) is 13.2 Å². The van der Waals surface area contributed by atoms with E-state index in [-0.39, 0.29) is 42.5 Å². The van der Waals surface area contributed by atoms with Crippen LogP contribution in [0, 0.1) is 5.82 Å². The number of benzene rings is 2. The lowest BCUT2D eigenvalue weighted by Gasteiger charge is -2.31. The lowest BCUT2D eigenvalue weighted by molar-refractivity contribution is -0.140. The molecule has 2 bridgehead atoms. The second-order valence-electron chi connectivity index (χ2n) is 10.3. The molecule has 1 aromatic heterocycles. The molecule has 0 saturated carbocycles. The SMILES string of the molecule is C=CC(=O)Nc1cc(Nc2cc(N3OCCC3c3cccc(C(F)(F)F)c3F)ncn2)c(OC)cc1N1C[C@H]2C[C@@H]1CO2. The van der Waals surface area contributed by atoms with Gasteiger partial charge in [-0.1, -0.05) is 18.7 Å². The Bertz CT molecular complexity index is 1550. The third kappa shape index (κ3) is 5.55. The first-order valence-corrected chi connectivity index (χ1v) is 13.6. The maximum absolute atomic E-state index is 15.0. The summed E-state index contributed by atoms with van der Waals surface area (Å²) in [6.07, 6.45) is -1.15. The van der Waals surface area contributed by atoms with Crippen LogP contribution in [0.3, 0.4) is 0 Å². The van der Waals surface area contributed by atoms with E-state index < -0.39 is 23.6 Å². The Morgan fingerprint density at radius 1 is 1.21 bits per heavy atom. The predicted molar refractivity (Wildman–Crippen MR) is 150 cm³/mol. The standard InChI is InChI=1S/C29H28F4N6O4/c1-3-27(40)37-20-10-21(24(41-2)11-23(20)38-13-17-9-16(38)14-42-17)36-25-12-26(35-15-34-25)39-22(7-8-43-39)18-5-4-6-19(28(18)30)29(31,32)33/h3-6,10-12,15-17,22H,1,7-9,13-14H2,2H3,(H,37,40)(H,34,35,36)/t16-,17-,22?/m1/s1. The maximum atomic E-state index is 15.0. The van der Waals surface area contributed by atoms with Crippen molar-refractivity contribution in [2.24, 2.45) is 0 Å². The average Bonchev–Trinajstić information content (AvgIpc) is 3.75. The fourth-order valence-corrected chi connectivity index (χ4v) is 5.73. The monoisotopic (exact) mass is 600 g/mol. The van der Waals surface area contributed by atoms with Crippen molar-refractivity contribution in [3.63, 3.8) is 0 Å². The molecule has 1 unspecified atom stereocenters. The van der Waals surface area contributed by atoms with Gasteiger partial charge < -0.3 is 25.0 Å². The highest BCUT2D eigenvalue weighted by atomic mass is 19.4. The minimum atomic E-state index is -4.84. The molecule has 3 aliphatic heterocycles. The maximum Gasteiger partial charge on any atom is 0.419 e. The number of hydrogen-bond donors (Lipinski definition) is 2. The van der Waals surface area contributed by atoms with Crippen LogP contribution in [0.15, 0.2) is 55.4 Å². The summed E-state index contributed by atoms with van der Waals surface area (Å²) in [4.78, 5) is 28.7. The summed E-state index contributed by atoms with van der Waals surface area (Å²) < 4.78 is 66.5. The number of hydrogen-bond acceptors (Lipinski definition) is 9. The molecule has 10 nitrogen and oxygen atoms in total. The molecule has 4 heterocycles. The number of carbonyl (C=O) groups is 1. The summed E-state index contributed by atoms with van der Waals surface area (Å²) in [7, 11) is 1.52. The van der Waals surface area contributed by atoms with Crippen LogP contribution in [0.5, 0.6) is 5.75 Å². The lowest BCUT2D eigenvalue weighted by Crippen LogP contribution is -2.37. The number of amides is 1. The van der Waals surface area contributed by atoms with Crippen molar-refractivity contribution in [1.29, 1.82) is 0 Å². The largest absolute Gasteiger partial charge is 0.494 e. The van der Waals surface area contributed by atoms with Gasteiger partial charge in [0.15, 0.2) is 5.82 Å². The van der Waals surface area contributed by atoms with Gasteiger partial charge in [0, 0.05) is 30.7 Å². The molecule has 0 spiro atoms. The van der Waals surface area contributed by atoms with E-state index in [4.69, 9.17) is 14.3 Å². The van der Waals surface area contributed by atoms with Crippen LogP contribution in [0.4, 0.5) is 46.3 Å². The van der Waals surface area contributed by atoms with Crippen LogP contribution >= 0.6 is 0 Å². The zero-order valence-corrected chi connectivity index (χ0v) is 23.0. The van der Waals surface area contributed by atoms with E-state index in [1.165, 1.54) is 42.8 Å². The van der Waals surface area contributed by atoms with E-state index in [1.807, 2.05) is 6.07 Å². The number of nitrogens with zero attached hydrogens (tertiary/aromatic N) is 4. The molecule has 3 aliphatic rings. The van der Waals surface area contributed by atoms with Crippen molar-refractivity contribution < 1.29 is 36.7 Å². The Morgan fingerprint density at radius 3 is 2.74 bits per heavy atom. The summed E-state index contributed by atoms with van der Waals surface area (Å²) in [5.74, 6) is -0.761. The summed E-state index contributed by atoms with van der Waals surface area (Å²) in [5, 5.41) is 7.31. The quantitative estimate of drug-likeness (QED) is 0.261. The molecule has 3 atom stereocenters. The molecule has 2 N–H and O–H groups in total. The van der Waals surface area contributed by atoms with Crippen molar-refractivity contribution >= 4 is 34.6 Å². The highest BCUT2D eigenvalue weighted by molar-refractivity contribution is 6.02. The van der Waals surface area contributed by atoms with Crippen LogP contribution in [0.25, 0.3) is 0 Å². The zero-order chi connectivity index (χ0) is 30.3. The molecule has 1 amide bonds. The fourth-order valence-electron chi connectivity index (χ4n) is 5.73. The van der Waals surface area contributed by atoms with E-state index in [0.717, 1.165) is 12.1 Å². The van der Waals surface area contributed by atoms with Crippen molar-refractivity contribution in [3.8, 4) is 5.75 Å². The van der Waals surface area contributed by atoms with Gasteiger partial charge >= 0.3 is 6.18 Å². The average molecular weight is 601 g/mol. The highest BCUT2D eigenvalue weighted by Gasteiger charge is 2.41. The van der Waals surface area contributed by atoms with Gasteiger partial charge in [0.2, 0.25) is 5.91 Å². The Kier molecular flexibility index (Phi) is 7.56. The van der Waals surface area contributed by atoms with Gasteiger partial charge in [-0.3, -0.25) is 9.63 Å². The minimum absolute atomic E-state index is 0.122. The summed E-state index contributed by atoms with van der Waals surface area (Å²) >= 11 is 0. The van der Waals surface area contributed by atoms with Gasteiger partial charge in [0.1, 0.15) is 23.7 Å². The molecule has 14 heteroatoms. The molecule has 6 rings (SSSR count). The minimum Gasteiger partial charge on any atom is -0.494 e. The van der Waals surface area contributed by atoms with Crippen LogP contribution in [-0.4, -0.2) is 54.9 Å². The Balaban J connectivity index is 1.30. The van der Waals surface area contributed by atoms with Crippen molar-refractivity contribution in [1.82, 2.24) is 9.97 Å². The van der Waals surface area contributed by atoms with Crippen LogP contribution in [0.2, 0.25) is 0 Å². The number of fused-ring (bicyclic) bond motifs is 2. The Labute approximate surface area is 244 Å². The van der Waals surface area contributed by atoms with Gasteiger partial charge in [-0.25, -0.2) is 19.4 Å². The molecule has 0 aliphatic carbocycles. The van der Waals surface area contributed by atoms with Crippen molar-refractivity contribution in [2.75, 3.05) is 47.5 Å². The van der Waals surface area contributed by atoms with Gasteiger partial charge in [0.05, 0.1) is 61.1 Å². The third-order valence-electron chi connectivity index (χ3n) is 7.71. The zero-order valence-electron chi connectivity index (χ0n) is 23.0. The molecule has 226 valence electrons. The number of anilines is 5.